The second-order valence-electron chi connectivity index (χ2n) is 7.05. The van der Waals surface area contributed by atoms with Gasteiger partial charge >= 0.3 is 5.97 Å². The second kappa shape index (κ2) is 7.23. The summed E-state index contributed by atoms with van der Waals surface area (Å²) in [4.78, 5) is 10.9. The van der Waals surface area contributed by atoms with E-state index in [-0.39, 0.29) is 11.5 Å². The van der Waals surface area contributed by atoms with Crippen molar-refractivity contribution in [2.45, 2.75) is 58.2 Å². The summed E-state index contributed by atoms with van der Waals surface area (Å²) in [5, 5.41) is 9.17. The van der Waals surface area contributed by atoms with Gasteiger partial charge in [-0.05, 0) is 42.1 Å². The van der Waals surface area contributed by atoms with Gasteiger partial charge in [-0.1, -0.05) is 45.0 Å². The minimum absolute atomic E-state index is 0.0965. The Kier molecular flexibility index (Phi) is 6.17. The van der Waals surface area contributed by atoms with Crippen molar-refractivity contribution in [3.05, 3.63) is 35.4 Å². The summed E-state index contributed by atoms with van der Waals surface area (Å²) < 4.78 is 6.16. The smallest absolute Gasteiger partial charge is 0.307 e. The van der Waals surface area contributed by atoms with Gasteiger partial charge in [0, 0.05) is 6.61 Å². The van der Waals surface area contributed by atoms with E-state index < -0.39 is 14.3 Å². The van der Waals surface area contributed by atoms with Crippen LogP contribution in [0.3, 0.4) is 0 Å². The molecule has 0 aliphatic heterocycles. The molecule has 0 unspecified atom stereocenters. The van der Waals surface area contributed by atoms with Gasteiger partial charge in [0.05, 0.1) is 6.42 Å². The van der Waals surface area contributed by atoms with Crippen LogP contribution in [0.4, 0.5) is 0 Å². The van der Waals surface area contributed by atoms with Crippen molar-refractivity contribution in [2.75, 3.05) is 6.61 Å². The summed E-state index contributed by atoms with van der Waals surface area (Å²) in [6, 6.07) is 7.78. The van der Waals surface area contributed by atoms with Crippen molar-refractivity contribution < 1.29 is 14.3 Å². The van der Waals surface area contributed by atoms with Crippen LogP contribution in [0.2, 0.25) is 18.1 Å². The normalized spacial score (nSPS) is 12.4. The maximum atomic E-state index is 10.9. The van der Waals surface area contributed by atoms with Gasteiger partial charge in [0.1, 0.15) is 0 Å². The van der Waals surface area contributed by atoms with Crippen molar-refractivity contribution in [1.82, 2.24) is 0 Å². The van der Waals surface area contributed by atoms with Crippen molar-refractivity contribution >= 4 is 14.3 Å². The Balaban J connectivity index is 2.52. The van der Waals surface area contributed by atoms with Gasteiger partial charge in [0.25, 0.3) is 0 Å². The molecule has 1 N–H and O–H groups in total. The van der Waals surface area contributed by atoms with Crippen molar-refractivity contribution in [3.8, 4) is 0 Å². The number of carboxylic acids is 1. The number of carbonyl (C=O) groups is 1. The molecule has 0 saturated carbocycles. The molecule has 1 rings (SSSR count). The van der Waals surface area contributed by atoms with Crippen LogP contribution in [0.5, 0.6) is 0 Å². The van der Waals surface area contributed by atoms with Crippen LogP contribution >= 0.6 is 0 Å². The van der Waals surface area contributed by atoms with E-state index in [1.807, 2.05) is 24.3 Å². The molecule has 118 valence electrons. The average Bonchev–Trinajstić information content (AvgIpc) is 2.34. The predicted molar refractivity (Wildman–Crippen MR) is 89.3 cm³/mol. The highest BCUT2D eigenvalue weighted by molar-refractivity contribution is 6.74. The fourth-order valence-electron chi connectivity index (χ4n) is 1.94. The van der Waals surface area contributed by atoms with Gasteiger partial charge in [-0.3, -0.25) is 4.79 Å². The molecule has 0 spiro atoms. The van der Waals surface area contributed by atoms with Crippen molar-refractivity contribution in [1.29, 1.82) is 0 Å². The Morgan fingerprint density at radius 3 is 2.29 bits per heavy atom. The number of benzene rings is 1. The fourth-order valence-corrected chi connectivity index (χ4v) is 3.03. The molecule has 0 amide bonds. The zero-order valence-corrected chi connectivity index (χ0v) is 14.9. The SMILES string of the molecule is CC(C)(C)[Si](C)(C)OCCCc1ccccc1CC(=O)O. The molecule has 1 aromatic rings. The highest BCUT2D eigenvalue weighted by atomic mass is 28.4. The van der Waals surface area contributed by atoms with E-state index in [1.165, 1.54) is 0 Å². The molecule has 3 nitrogen and oxygen atoms in total. The van der Waals surface area contributed by atoms with E-state index in [2.05, 4.69) is 33.9 Å². The molecule has 1 aromatic carbocycles. The molecule has 0 saturated heterocycles. The Hall–Kier alpha value is -1.13. The lowest BCUT2D eigenvalue weighted by Crippen LogP contribution is -2.41. The van der Waals surface area contributed by atoms with Crippen LogP contribution in [0.25, 0.3) is 0 Å². The van der Waals surface area contributed by atoms with Gasteiger partial charge < -0.3 is 9.53 Å². The predicted octanol–water partition coefficient (Wildman–Crippen LogP) is 4.27. The Labute approximate surface area is 129 Å². The molecular formula is C17H28O3Si. The molecule has 21 heavy (non-hydrogen) atoms. The topological polar surface area (TPSA) is 46.5 Å². The molecule has 0 aliphatic carbocycles. The molecule has 4 heteroatoms. The highest BCUT2D eigenvalue weighted by Crippen LogP contribution is 2.36. The van der Waals surface area contributed by atoms with Crippen LogP contribution in [0, 0.1) is 0 Å². The van der Waals surface area contributed by atoms with Gasteiger partial charge in [-0.25, -0.2) is 0 Å². The van der Waals surface area contributed by atoms with Crippen LogP contribution in [-0.2, 0) is 22.1 Å². The van der Waals surface area contributed by atoms with Crippen LogP contribution in [0.15, 0.2) is 24.3 Å². The monoisotopic (exact) mass is 308 g/mol. The van der Waals surface area contributed by atoms with E-state index in [9.17, 15) is 4.79 Å². The van der Waals surface area contributed by atoms with E-state index in [0.717, 1.165) is 30.6 Å². The van der Waals surface area contributed by atoms with E-state index >= 15 is 0 Å². The first-order chi connectivity index (χ1) is 9.63. The van der Waals surface area contributed by atoms with E-state index in [4.69, 9.17) is 9.53 Å². The number of rotatable bonds is 7. The quantitative estimate of drug-likeness (QED) is 0.604. The Bertz CT molecular complexity index is 475. The molecule has 0 bridgehead atoms. The Morgan fingerprint density at radius 1 is 1.19 bits per heavy atom. The summed E-state index contributed by atoms with van der Waals surface area (Å²) in [6.07, 6.45) is 1.90. The van der Waals surface area contributed by atoms with Crippen LogP contribution in [-0.4, -0.2) is 26.0 Å². The molecule has 0 fully saturated rings. The third-order valence-corrected chi connectivity index (χ3v) is 8.86. The molecule has 0 aliphatic rings. The van der Waals surface area contributed by atoms with Gasteiger partial charge in [-0.15, -0.1) is 0 Å². The van der Waals surface area contributed by atoms with Crippen LogP contribution < -0.4 is 0 Å². The summed E-state index contributed by atoms with van der Waals surface area (Å²) in [7, 11) is -1.68. The van der Waals surface area contributed by atoms with Crippen LogP contribution in [0.1, 0.15) is 38.3 Å². The molecule has 0 aromatic heterocycles. The fraction of sp³-hybridized carbons (Fsp3) is 0.588. The van der Waals surface area contributed by atoms with E-state index in [0.29, 0.717) is 0 Å². The maximum Gasteiger partial charge on any atom is 0.307 e. The number of hydrogen-bond donors (Lipinski definition) is 1. The zero-order chi connectivity index (χ0) is 16.1. The lowest BCUT2D eigenvalue weighted by atomic mass is 10.0. The summed E-state index contributed by atoms with van der Waals surface area (Å²) in [5.74, 6) is -0.778. The number of aliphatic carboxylic acids is 1. The second-order valence-corrected chi connectivity index (χ2v) is 11.9. The minimum atomic E-state index is -1.68. The van der Waals surface area contributed by atoms with Gasteiger partial charge in [0.2, 0.25) is 0 Å². The lowest BCUT2D eigenvalue weighted by molar-refractivity contribution is -0.136. The molecule has 0 atom stereocenters. The van der Waals surface area contributed by atoms with Crippen molar-refractivity contribution in [3.63, 3.8) is 0 Å². The average molecular weight is 308 g/mol. The largest absolute Gasteiger partial charge is 0.481 e. The molecule has 0 radical (unpaired) electrons. The Morgan fingerprint density at radius 2 is 1.76 bits per heavy atom. The third kappa shape index (κ3) is 5.63. The number of carboxylic acid groups (broad SMARTS) is 1. The highest BCUT2D eigenvalue weighted by Gasteiger charge is 2.36. The lowest BCUT2D eigenvalue weighted by Gasteiger charge is -2.36. The number of aryl methyl sites for hydroxylation is 1. The zero-order valence-electron chi connectivity index (χ0n) is 13.9. The number of hydrogen-bond acceptors (Lipinski definition) is 2. The first-order valence-corrected chi connectivity index (χ1v) is 10.5. The first kappa shape index (κ1) is 17.9. The first-order valence-electron chi connectivity index (χ1n) is 7.56. The minimum Gasteiger partial charge on any atom is -0.481 e. The van der Waals surface area contributed by atoms with Gasteiger partial charge in [0.15, 0.2) is 8.32 Å². The summed E-state index contributed by atoms with van der Waals surface area (Å²) in [6.45, 7) is 12.0. The summed E-state index contributed by atoms with van der Waals surface area (Å²) >= 11 is 0. The summed E-state index contributed by atoms with van der Waals surface area (Å²) in [5.41, 5.74) is 2.04. The molecule has 0 heterocycles. The molecular weight excluding hydrogens is 280 g/mol. The maximum absolute atomic E-state index is 10.9. The standard InChI is InChI=1S/C17H28O3Si/c1-17(2,3)21(4,5)20-12-8-11-14-9-6-7-10-15(14)13-16(18)19/h6-7,9-10H,8,11-13H2,1-5H3,(H,18,19). The van der Waals surface area contributed by atoms with E-state index in [1.54, 1.807) is 0 Å². The van der Waals surface area contributed by atoms with Gasteiger partial charge in [-0.2, -0.15) is 0 Å². The third-order valence-electron chi connectivity index (χ3n) is 4.32. The van der Waals surface area contributed by atoms with Crippen molar-refractivity contribution in [2.24, 2.45) is 0 Å².